The maximum atomic E-state index is 4.48. The summed E-state index contributed by atoms with van der Waals surface area (Å²) in [5, 5.41) is 3.46. The molecule has 0 saturated carbocycles. The molecule has 1 N–H and O–H groups in total. The molecule has 0 amide bonds. The quantitative estimate of drug-likeness (QED) is 0.801. The van der Waals surface area contributed by atoms with E-state index in [2.05, 4.69) is 22.2 Å². The van der Waals surface area contributed by atoms with E-state index >= 15 is 0 Å². The zero-order valence-electron chi connectivity index (χ0n) is 9.11. The molecule has 15 heavy (non-hydrogen) atoms. The van der Waals surface area contributed by atoms with Crippen molar-refractivity contribution in [2.45, 2.75) is 32.2 Å². The van der Waals surface area contributed by atoms with Gasteiger partial charge in [-0.3, -0.25) is 9.98 Å². The van der Waals surface area contributed by atoms with Crippen molar-refractivity contribution in [3.8, 4) is 0 Å². The highest BCUT2D eigenvalue weighted by atomic mass is 15.0. The molecule has 0 bridgehead atoms. The fourth-order valence-electron chi connectivity index (χ4n) is 1.80. The van der Waals surface area contributed by atoms with E-state index in [0.717, 1.165) is 18.8 Å². The molecule has 3 nitrogen and oxygen atoms in total. The van der Waals surface area contributed by atoms with E-state index in [9.17, 15) is 0 Å². The van der Waals surface area contributed by atoms with Crippen molar-refractivity contribution in [3.63, 3.8) is 0 Å². The summed E-state index contributed by atoms with van der Waals surface area (Å²) in [6.07, 6.45) is 7.24. The first-order chi connectivity index (χ1) is 7.36. The lowest BCUT2D eigenvalue weighted by Crippen LogP contribution is -2.28. The summed E-state index contributed by atoms with van der Waals surface area (Å²) in [5.74, 6) is 1.16. The average Bonchev–Trinajstić information content (AvgIpc) is 2.31. The highest BCUT2D eigenvalue weighted by Crippen LogP contribution is 2.12. The van der Waals surface area contributed by atoms with Gasteiger partial charge in [0.2, 0.25) is 0 Å². The third kappa shape index (κ3) is 2.78. The first kappa shape index (κ1) is 10.1. The van der Waals surface area contributed by atoms with Crippen molar-refractivity contribution in [1.29, 1.82) is 0 Å². The SMILES string of the molecule is C[C@H](NC1=NCCCC1)c1ccncc1. The van der Waals surface area contributed by atoms with Gasteiger partial charge in [-0.25, -0.2) is 0 Å². The van der Waals surface area contributed by atoms with Gasteiger partial charge in [0, 0.05) is 31.4 Å². The van der Waals surface area contributed by atoms with Crippen LogP contribution < -0.4 is 5.32 Å². The van der Waals surface area contributed by atoms with E-state index in [1.54, 1.807) is 0 Å². The standard InChI is InChI=1S/C12H17N3/c1-10(11-5-8-13-9-6-11)15-12-4-2-3-7-14-12/h5-6,8-10H,2-4,7H2,1H3,(H,14,15)/t10-/m0/s1. The summed E-state index contributed by atoms with van der Waals surface area (Å²) in [6, 6.07) is 4.41. The molecule has 1 aromatic rings. The maximum Gasteiger partial charge on any atom is 0.0967 e. The summed E-state index contributed by atoms with van der Waals surface area (Å²) >= 11 is 0. The Labute approximate surface area is 90.6 Å². The first-order valence-electron chi connectivity index (χ1n) is 5.56. The number of aliphatic imine (C=N–C) groups is 1. The van der Waals surface area contributed by atoms with Crippen LogP contribution >= 0.6 is 0 Å². The molecule has 0 aromatic carbocycles. The second kappa shape index (κ2) is 4.91. The summed E-state index contributed by atoms with van der Waals surface area (Å²) in [6.45, 7) is 3.14. The lowest BCUT2D eigenvalue weighted by molar-refractivity contribution is 0.656. The van der Waals surface area contributed by atoms with Gasteiger partial charge in [-0.05, 0) is 37.5 Å². The van der Waals surface area contributed by atoms with Gasteiger partial charge in [-0.1, -0.05) is 0 Å². The summed E-state index contributed by atoms with van der Waals surface area (Å²) < 4.78 is 0. The normalized spacial score (nSPS) is 18.1. The van der Waals surface area contributed by atoms with Crippen molar-refractivity contribution in [2.75, 3.05) is 6.54 Å². The number of aromatic nitrogens is 1. The minimum absolute atomic E-state index is 0.324. The van der Waals surface area contributed by atoms with Crippen LogP contribution in [-0.4, -0.2) is 17.4 Å². The number of nitrogens with zero attached hydrogens (tertiary/aromatic N) is 2. The Kier molecular flexibility index (Phi) is 3.33. The number of hydrogen-bond acceptors (Lipinski definition) is 3. The molecular weight excluding hydrogens is 186 g/mol. The van der Waals surface area contributed by atoms with E-state index < -0.39 is 0 Å². The van der Waals surface area contributed by atoms with Crippen molar-refractivity contribution < 1.29 is 0 Å². The highest BCUT2D eigenvalue weighted by Gasteiger charge is 2.09. The van der Waals surface area contributed by atoms with Gasteiger partial charge in [0.25, 0.3) is 0 Å². The molecule has 0 fully saturated rings. The number of amidine groups is 1. The molecule has 2 rings (SSSR count). The van der Waals surface area contributed by atoms with Gasteiger partial charge in [0.05, 0.1) is 5.84 Å². The van der Waals surface area contributed by atoms with E-state index in [-0.39, 0.29) is 0 Å². The van der Waals surface area contributed by atoms with Crippen LogP contribution in [0.2, 0.25) is 0 Å². The lowest BCUT2D eigenvalue weighted by Gasteiger charge is -2.19. The molecule has 2 heterocycles. The monoisotopic (exact) mass is 203 g/mol. The van der Waals surface area contributed by atoms with Gasteiger partial charge in [-0.2, -0.15) is 0 Å². The van der Waals surface area contributed by atoms with Gasteiger partial charge in [0.1, 0.15) is 0 Å². The minimum atomic E-state index is 0.324. The van der Waals surface area contributed by atoms with E-state index in [1.807, 2.05) is 24.5 Å². The van der Waals surface area contributed by atoms with Gasteiger partial charge in [0.15, 0.2) is 0 Å². The van der Waals surface area contributed by atoms with Crippen LogP contribution in [0.3, 0.4) is 0 Å². The Bertz CT molecular complexity index is 332. The molecule has 80 valence electrons. The van der Waals surface area contributed by atoms with Crippen LogP contribution in [0.5, 0.6) is 0 Å². The Morgan fingerprint density at radius 1 is 1.27 bits per heavy atom. The van der Waals surface area contributed by atoms with Crippen LogP contribution in [0.15, 0.2) is 29.5 Å². The Morgan fingerprint density at radius 2 is 2.07 bits per heavy atom. The van der Waals surface area contributed by atoms with Crippen molar-refractivity contribution in [3.05, 3.63) is 30.1 Å². The number of rotatable bonds is 2. The third-order valence-electron chi connectivity index (χ3n) is 2.71. The molecule has 1 atom stereocenters. The van der Waals surface area contributed by atoms with Crippen molar-refractivity contribution in [2.24, 2.45) is 4.99 Å². The summed E-state index contributed by atoms with van der Waals surface area (Å²) in [5.41, 5.74) is 1.26. The van der Waals surface area contributed by atoms with Gasteiger partial charge in [-0.15, -0.1) is 0 Å². The fourth-order valence-corrected chi connectivity index (χ4v) is 1.80. The number of nitrogens with one attached hydrogen (secondary N) is 1. The van der Waals surface area contributed by atoms with E-state index in [4.69, 9.17) is 0 Å². The van der Waals surface area contributed by atoms with Crippen LogP contribution in [0.4, 0.5) is 0 Å². The molecule has 0 saturated heterocycles. The maximum absolute atomic E-state index is 4.48. The molecule has 1 aliphatic rings. The Morgan fingerprint density at radius 3 is 2.73 bits per heavy atom. The Hall–Kier alpha value is -1.38. The van der Waals surface area contributed by atoms with Crippen LogP contribution in [0, 0.1) is 0 Å². The van der Waals surface area contributed by atoms with E-state index in [0.29, 0.717) is 6.04 Å². The van der Waals surface area contributed by atoms with Crippen LogP contribution in [-0.2, 0) is 0 Å². The molecule has 0 aliphatic carbocycles. The predicted molar refractivity (Wildman–Crippen MR) is 61.9 cm³/mol. The minimum Gasteiger partial charge on any atom is -0.367 e. The first-order valence-corrected chi connectivity index (χ1v) is 5.56. The van der Waals surface area contributed by atoms with Crippen molar-refractivity contribution >= 4 is 5.84 Å². The molecule has 1 aliphatic heterocycles. The fraction of sp³-hybridized carbons (Fsp3) is 0.500. The zero-order chi connectivity index (χ0) is 10.5. The molecular formula is C12H17N3. The molecule has 0 unspecified atom stereocenters. The summed E-state index contributed by atoms with van der Waals surface area (Å²) in [4.78, 5) is 8.50. The van der Waals surface area contributed by atoms with Gasteiger partial charge >= 0.3 is 0 Å². The number of pyridine rings is 1. The van der Waals surface area contributed by atoms with Crippen LogP contribution in [0.1, 0.15) is 37.8 Å². The predicted octanol–water partition coefficient (Wildman–Crippen LogP) is 2.31. The molecule has 0 radical (unpaired) electrons. The Balaban J connectivity index is 1.97. The molecule has 0 spiro atoms. The largest absolute Gasteiger partial charge is 0.367 e. The van der Waals surface area contributed by atoms with Gasteiger partial charge < -0.3 is 5.32 Å². The van der Waals surface area contributed by atoms with E-state index in [1.165, 1.54) is 18.4 Å². The molecule has 3 heteroatoms. The number of hydrogen-bond donors (Lipinski definition) is 1. The lowest BCUT2D eigenvalue weighted by atomic mass is 10.1. The van der Waals surface area contributed by atoms with Crippen LogP contribution in [0.25, 0.3) is 0 Å². The smallest absolute Gasteiger partial charge is 0.0967 e. The molecule has 1 aromatic heterocycles. The van der Waals surface area contributed by atoms with Crippen molar-refractivity contribution in [1.82, 2.24) is 10.3 Å². The summed E-state index contributed by atoms with van der Waals surface area (Å²) in [7, 11) is 0. The topological polar surface area (TPSA) is 37.3 Å². The second-order valence-corrected chi connectivity index (χ2v) is 3.93. The third-order valence-corrected chi connectivity index (χ3v) is 2.71. The highest BCUT2D eigenvalue weighted by molar-refractivity contribution is 5.83. The average molecular weight is 203 g/mol. The second-order valence-electron chi connectivity index (χ2n) is 3.93. The zero-order valence-corrected chi connectivity index (χ0v) is 9.11.